The summed E-state index contributed by atoms with van der Waals surface area (Å²) in [4.78, 5) is 14.2. The maximum atomic E-state index is 10.3. The largest absolute Gasteiger partial charge is 0.309 e. The number of rotatable bonds is 2. The quantitative estimate of drug-likeness (QED) is 0.523. The van der Waals surface area contributed by atoms with E-state index in [1.165, 1.54) is 0 Å². The number of pyridine rings is 1. The smallest absolute Gasteiger partial charge is 0.168 e. The summed E-state index contributed by atoms with van der Waals surface area (Å²) in [5.74, 6) is 5.81. The second kappa shape index (κ2) is 5.07. The Morgan fingerprint density at radius 2 is 2.46 bits per heavy atom. The van der Waals surface area contributed by atoms with Crippen LogP contribution in [0.1, 0.15) is 16.1 Å². The lowest BCUT2D eigenvalue weighted by Gasteiger charge is -1.90. The molecule has 13 heavy (non-hydrogen) atoms. The molecule has 1 rings (SSSR count). The summed E-state index contributed by atoms with van der Waals surface area (Å²) in [5.41, 5.74) is 1.25. The average molecular weight is 174 g/mol. The highest BCUT2D eigenvalue weighted by Gasteiger charge is 1.89. The van der Waals surface area contributed by atoms with Crippen molar-refractivity contribution < 1.29 is 4.79 Å². The van der Waals surface area contributed by atoms with Crippen LogP contribution in [0.25, 0.3) is 0 Å². The highest BCUT2D eigenvalue weighted by atomic mass is 16.1. The number of carbonyl (C=O) groups is 1. The van der Waals surface area contributed by atoms with Gasteiger partial charge in [0, 0.05) is 11.8 Å². The van der Waals surface area contributed by atoms with Crippen molar-refractivity contribution in [3.05, 3.63) is 29.6 Å². The molecule has 1 aromatic rings. The third-order valence-corrected chi connectivity index (χ3v) is 1.40. The van der Waals surface area contributed by atoms with Crippen LogP contribution in [0.5, 0.6) is 0 Å². The van der Waals surface area contributed by atoms with Gasteiger partial charge in [-0.3, -0.25) is 9.78 Å². The van der Waals surface area contributed by atoms with Gasteiger partial charge in [-0.2, -0.15) is 0 Å². The van der Waals surface area contributed by atoms with Crippen LogP contribution in [0.3, 0.4) is 0 Å². The summed E-state index contributed by atoms with van der Waals surface area (Å²) in [6, 6.07) is 3.43. The van der Waals surface area contributed by atoms with E-state index in [2.05, 4.69) is 22.1 Å². The van der Waals surface area contributed by atoms with E-state index >= 15 is 0 Å². The van der Waals surface area contributed by atoms with Crippen LogP contribution in [-0.2, 0) is 0 Å². The average Bonchev–Trinajstić information content (AvgIpc) is 2.19. The maximum Gasteiger partial charge on any atom is 0.168 e. The third kappa shape index (κ3) is 3.06. The highest BCUT2D eigenvalue weighted by molar-refractivity contribution is 5.71. The number of carbonyl (C=O) groups excluding carboxylic acids is 1. The van der Waals surface area contributed by atoms with E-state index in [0.29, 0.717) is 18.5 Å². The van der Waals surface area contributed by atoms with E-state index in [4.69, 9.17) is 0 Å². The molecule has 3 heteroatoms. The van der Waals surface area contributed by atoms with E-state index in [0.717, 1.165) is 5.56 Å². The van der Waals surface area contributed by atoms with Crippen molar-refractivity contribution in [2.24, 2.45) is 0 Å². The van der Waals surface area contributed by atoms with Gasteiger partial charge in [0.1, 0.15) is 5.69 Å². The number of hydrogen-bond donors (Lipinski definition) is 1. The molecular formula is C10H10N2O. The zero-order valence-electron chi connectivity index (χ0n) is 7.37. The van der Waals surface area contributed by atoms with Crippen LogP contribution in [0, 0.1) is 11.8 Å². The predicted molar refractivity (Wildman–Crippen MR) is 50.4 cm³/mol. The highest BCUT2D eigenvalue weighted by Crippen LogP contribution is 1.95. The Kier molecular flexibility index (Phi) is 3.68. The second-order valence-corrected chi connectivity index (χ2v) is 2.42. The molecule has 0 unspecified atom stereocenters. The molecule has 1 aromatic heterocycles. The second-order valence-electron chi connectivity index (χ2n) is 2.42. The Balaban J connectivity index is 2.71. The van der Waals surface area contributed by atoms with Crippen molar-refractivity contribution in [1.29, 1.82) is 0 Å². The van der Waals surface area contributed by atoms with Crippen LogP contribution in [0.4, 0.5) is 0 Å². The fourth-order valence-electron chi connectivity index (χ4n) is 0.784. The normalized spacial score (nSPS) is 8.69. The summed E-state index contributed by atoms with van der Waals surface area (Å²) in [7, 11) is 1.84. The monoisotopic (exact) mass is 174 g/mol. The minimum absolute atomic E-state index is 0.430. The Morgan fingerprint density at radius 1 is 1.62 bits per heavy atom. The van der Waals surface area contributed by atoms with Crippen LogP contribution in [0.2, 0.25) is 0 Å². The molecule has 3 nitrogen and oxygen atoms in total. The van der Waals surface area contributed by atoms with E-state index in [1.807, 2.05) is 7.05 Å². The lowest BCUT2D eigenvalue weighted by molar-refractivity contribution is 0.111. The molecule has 0 spiro atoms. The Bertz CT molecular complexity index is 332. The summed E-state index contributed by atoms with van der Waals surface area (Å²) in [6.45, 7) is 0.648. The molecule has 0 saturated heterocycles. The van der Waals surface area contributed by atoms with Crippen LogP contribution in [-0.4, -0.2) is 24.9 Å². The first kappa shape index (κ1) is 9.43. The van der Waals surface area contributed by atoms with Gasteiger partial charge in [0.25, 0.3) is 0 Å². The summed E-state index contributed by atoms with van der Waals surface area (Å²) < 4.78 is 0. The van der Waals surface area contributed by atoms with Crippen molar-refractivity contribution in [1.82, 2.24) is 10.3 Å². The van der Waals surface area contributed by atoms with Crippen molar-refractivity contribution in [3.8, 4) is 11.8 Å². The van der Waals surface area contributed by atoms with E-state index < -0.39 is 0 Å². The standard InChI is InChI=1S/C10H10N2O/c1-11-6-2-3-9-4-5-10(8-13)12-7-9/h4-5,7-8,11H,6H2,1H3. The van der Waals surface area contributed by atoms with Gasteiger partial charge in [-0.1, -0.05) is 11.8 Å². The lowest BCUT2D eigenvalue weighted by Crippen LogP contribution is -2.04. The summed E-state index contributed by atoms with van der Waals surface area (Å²) in [5, 5.41) is 2.91. The van der Waals surface area contributed by atoms with Gasteiger partial charge >= 0.3 is 0 Å². The Labute approximate surface area is 77.2 Å². The first-order chi connectivity index (χ1) is 6.36. The first-order valence-corrected chi connectivity index (χ1v) is 3.91. The molecule has 66 valence electrons. The Hall–Kier alpha value is -1.66. The SMILES string of the molecule is CNCC#Cc1ccc(C=O)nc1. The zero-order valence-corrected chi connectivity index (χ0v) is 7.37. The van der Waals surface area contributed by atoms with Crippen molar-refractivity contribution >= 4 is 6.29 Å². The first-order valence-electron chi connectivity index (χ1n) is 3.91. The number of hydrogen-bond acceptors (Lipinski definition) is 3. The fourth-order valence-corrected chi connectivity index (χ4v) is 0.784. The van der Waals surface area contributed by atoms with Gasteiger partial charge in [-0.25, -0.2) is 0 Å². The van der Waals surface area contributed by atoms with Crippen molar-refractivity contribution in [2.45, 2.75) is 0 Å². The molecule has 0 atom stereocenters. The fraction of sp³-hybridized carbons (Fsp3) is 0.200. The topological polar surface area (TPSA) is 42.0 Å². The van der Waals surface area contributed by atoms with Gasteiger partial charge in [0.15, 0.2) is 6.29 Å². The van der Waals surface area contributed by atoms with Gasteiger partial charge in [0.2, 0.25) is 0 Å². The number of nitrogens with one attached hydrogen (secondary N) is 1. The number of nitrogens with zero attached hydrogens (tertiary/aromatic N) is 1. The minimum atomic E-state index is 0.430. The molecule has 0 aliphatic rings. The minimum Gasteiger partial charge on any atom is -0.309 e. The lowest BCUT2D eigenvalue weighted by atomic mass is 10.2. The van der Waals surface area contributed by atoms with Crippen LogP contribution >= 0.6 is 0 Å². The van der Waals surface area contributed by atoms with Gasteiger partial charge < -0.3 is 5.32 Å². The molecule has 0 amide bonds. The van der Waals surface area contributed by atoms with Crippen molar-refractivity contribution in [3.63, 3.8) is 0 Å². The molecule has 0 aliphatic heterocycles. The van der Waals surface area contributed by atoms with E-state index in [-0.39, 0.29) is 0 Å². The molecule has 0 fully saturated rings. The zero-order chi connectivity index (χ0) is 9.52. The molecule has 0 aromatic carbocycles. The van der Waals surface area contributed by atoms with E-state index in [1.54, 1.807) is 18.3 Å². The molecule has 0 saturated carbocycles. The molecular weight excluding hydrogens is 164 g/mol. The van der Waals surface area contributed by atoms with Crippen LogP contribution in [0.15, 0.2) is 18.3 Å². The Morgan fingerprint density at radius 3 is 3.00 bits per heavy atom. The van der Waals surface area contributed by atoms with Crippen LogP contribution < -0.4 is 5.32 Å². The predicted octanol–water partition coefficient (Wildman–Crippen LogP) is 0.465. The van der Waals surface area contributed by atoms with Gasteiger partial charge in [-0.15, -0.1) is 0 Å². The molecule has 1 N–H and O–H groups in total. The molecule has 0 radical (unpaired) electrons. The number of aromatic nitrogens is 1. The molecule has 0 bridgehead atoms. The van der Waals surface area contributed by atoms with Gasteiger partial charge in [0.05, 0.1) is 6.54 Å². The summed E-state index contributed by atoms with van der Waals surface area (Å²) in [6.07, 6.45) is 2.30. The van der Waals surface area contributed by atoms with Crippen molar-refractivity contribution in [2.75, 3.05) is 13.6 Å². The van der Waals surface area contributed by atoms with Gasteiger partial charge in [-0.05, 0) is 19.2 Å². The molecule has 0 aliphatic carbocycles. The summed E-state index contributed by atoms with van der Waals surface area (Å²) >= 11 is 0. The number of aldehydes is 1. The molecule has 1 heterocycles. The maximum absolute atomic E-state index is 10.3. The third-order valence-electron chi connectivity index (χ3n) is 1.40. The van der Waals surface area contributed by atoms with E-state index in [9.17, 15) is 4.79 Å².